The summed E-state index contributed by atoms with van der Waals surface area (Å²) in [5.41, 5.74) is 0. The molecular formula is C13H19N7OS. The van der Waals surface area contributed by atoms with Crippen LogP contribution in [0, 0.1) is 0 Å². The van der Waals surface area contributed by atoms with Gasteiger partial charge in [0.15, 0.2) is 5.16 Å². The zero-order chi connectivity index (χ0) is 15.2. The molecule has 0 aromatic carbocycles. The highest BCUT2D eigenvalue weighted by molar-refractivity contribution is 7.99. The third-order valence-corrected chi connectivity index (χ3v) is 4.26. The number of aromatic nitrogens is 5. The molecule has 1 saturated heterocycles. The maximum Gasteiger partial charge on any atom is 0.224 e. The number of thioether (sulfide) groups is 1. The normalized spacial score (nSPS) is 18.4. The Morgan fingerprint density at radius 1 is 1.45 bits per heavy atom. The summed E-state index contributed by atoms with van der Waals surface area (Å²) in [4.78, 5) is 14.9. The molecule has 0 spiro atoms. The van der Waals surface area contributed by atoms with Crippen LogP contribution in [0.25, 0.3) is 0 Å². The van der Waals surface area contributed by atoms with Gasteiger partial charge in [0.2, 0.25) is 5.95 Å². The van der Waals surface area contributed by atoms with Crippen LogP contribution in [0.5, 0.6) is 0 Å². The molecule has 0 aliphatic carbocycles. The number of aliphatic hydroxyl groups is 1. The Hall–Kier alpha value is -1.87. The first kappa shape index (κ1) is 15.0. The predicted octanol–water partition coefficient (Wildman–Crippen LogP) is 0.760. The second kappa shape index (κ2) is 7.41. The topological polar surface area (TPSA) is 103 Å². The number of nitrogens with one attached hydrogen (secondary N) is 2. The number of nitrogens with zero attached hydrogens (tertiary/aromatic N) is 5. The molecule has 22 heavy (non-hydrogen) atoms. The van der Waals surface area contributed by atoms with E-state index >= 15 is 0 Å². The van der Waals surface area contributed by atoms with Crippen LogP contribution in [0.3, 0.4) is 0 Å². The van der Waals surface area contributed by atoms with Crippen molar-refractivity contribution in [1.82, 2.24) is 25.1 Å². The van der Waals surface area contributed by atoms with Crippen molar-refractivity contribution in [3.05, 3.63) is 18.6 Å². The van der Waals surface area contributed by atoms with Crippen LogP contribution in [0.15, 0.2) is 23.7 Å². The van der Waals surface area contributed by atoms with E-state index in [4.69, 9.17) is 0 Å². The van der Waals surface area contributed by atoms with Gasteiger partial charge in [0, 0.05) is 31.6 Å². The molecule has 3 heterocycles. The molecule has 0 unspecified atom stereocenters. The first-order valence-electron chi connectivity index (χ1n) is 7.29. The number of H-pyrrole nitrogens is 1. The third-order valence-electron chi connectivity index (χ3n) is 3.38. The Morgan fingerprint density at radius 3 is 3.23 bits per heavy atom. The molecule has 1 aliphatic heterocycles. The summed E-state index contributed by atoms with van der Waals surface area (Å²) in [6.45, 7) is 2.30. The number of aromatic amines is 1. The number of rotatable bonds is 6. The molecule has 3 N–H and O–H groups in total. The van der Waals surface area contributed by atoms with Crippen molar-refractivity contribution in [1.29, 1.82) is 0 Å². The molecule has 1 atom stereocenters. The van der Waals surface area contributed by atoms with Gasteiger partial charge < -0.3 is 15.3 Å². The first-order chi connectivity index (χ1) is 10.8. The Balaban J connectivity index is 1.50. The van der Waals surface area contributed by atoms with Crippen molar-refractivity contribution >= 4 is 23.5 Å². The fourth-order valence-corrected chi connectivity index (χ4v) is 2.98. The zero-order valence-corrected chi connectivity index (χ0v) is 13.0. The van der Waals surface area contributed by atoms with Gasteiger partial charge >= 0.3 is 0 Å². The minimum Gasteiger partial charge on any atom is -0.391 e. The van der Waals surface area contributed by atoms with Crippen molar-refractivity contribution in [2.45, 2.75) is 24.1 Å². The molecule has 0 bridgehead atoms. The molecule has 0 saturated carbocycles. The highest BCUT2D eigenvalue weighted by Gasteiger charge is 2.19. The van der Waals surface area contributed by atoms with E-state index in [0.29, 0.717) is 12.5 Å². The number of β-amino-alcohol motifs (C(OH)–C–C–N with tert-alkyl or cyclic N) is 1. The average molecular weight is 321 g/mol. The van der Waals surface area contributed by atoms with Gasteiger partial charge in [-0.3, -0.25) is 5.10 Å². The quantitative estimate of drug-likeness (QED) is 0.529. The van der Waals surface area contributed by atoms with E-state index < -0.39 is 0 Å². The van der Waals surface area contributed by atoms with Crippen LogP contribution in [-0.4, -0.2) is 61.7 Å². The smallest absolute Gasteiger partial charge is 0.224 e. The van der Waals surface area contributed by atoms with Gasteiger partial charge in [0.1, 0.15) is 12.1 Å². The zero-order valence-electron chi connectivity index (χ0n) is 12.1. The maximum absolute atomic E-state index is 9.76. The third kappa shape index (κ3) is 4.08. The number of piperidine rings is 1. The summed E-state index contributed by atoms with van der Waals surface area (Å²) in [7, 11) is 0. The Kier molecular flexibility index (Phi) is 5.07. The van der Waals surface area contributed by atoms with E-state index in [2.05, 4.69) is 35.4 Å². The summed E-state index contributed by atoms with van der Waals surface area (Å²) in [6.07, 6.45) is 4.83. The van der Waals surface area contributed by atoms with E-state index in [0.717, 1.165) is 42.7 Å². The molecule has 2 aromatic rings. The number of hydrogen-bond donors (Lipinski definition) is 3. The first-order valence-corrected chi connectivity index (χ1v) is 8.28. The summed E-state index contributed by atoms with van der Waals surface area (Å²) in [5, 5.41) is 20.4. The van der Waals surface area contributed by atoms with Gasteiger partial charge in [-0.1, -0.05) is 11.8 Å². The van der Waals surface area contributed by atoms with Gasteiger partial charge in [0.05, 0.1) is 6.10 Å². The van der Waals surface area contributed by atoms with E-state index in [9.17, 15) is 5.11 Å². The van der Waals surface area contributed by atoms with Crippen LogP contribution < -0.4 is 10.2 Å². The van der Waals surface area contributed by atoms with Crippen LogP contribution >= 0.6 is 11.8 Å². The highest BCUT2D eigenvalue weighted by atomic mass is 32.2. The lowest BCUT2D eigenvalue weighted by atomic mass is 10.1. The van der Waals surface area contributed by atoms with Gasteiger partial charge in [-0.15, -0.1) is 0 Å². The van der Waals surface area contributed by atoms with Crippen molar-refractivity contribution in [2.75, 3.05) is 35.6 Å². The molecule has 1 aliphatic rings. The molecule has 0 amide bonds. The van der Waals surface area contributed by atoms with Gasteiger partial charge in [-0.2, -0.15) is 10.1 Å². The van der Waals surface area contributed by atoms with E-state index in [1.807, 2.05) is 6.07 Å². The fourth-order valence-electron chi connectivity index (χ4n) is 2.35. The van der Waals surface area contributed by atoms with Gasteiger partial charge in [-0.25, -0.2) is 9.97 Å². The van der Waals surface area contributed by atoms with Crippen molar-refractivity contribution in [3.8, 4) is 0 Å². The second-order valence-corrected chi connectivity index (χ2v) is 6.13. The lowest BCUT2D eigenvalue weighted by molar-refractivity contribution is 0.154. The van der Waals surface area contributed by atoms with Crippen molar-refractivity contribution < 1.29 is 5.11 Å². The summed E-state index contributed by atoms with van der Waals surface area (Å²) < 4.78 is 0. The molecule has 1 fully saturated rings. The lowest BCUT2D eigenvalue weighted by Crippen LogP contribution is -2.38. The van der Waals surface area contributed by atoms with Crippen LogP contribution in [-0.2, 0) is 0 Å². The number of aliphatic hydroxyl groups excluding tert-OH is 1. The number of hydrogen-bond acceptors (Lipinski definition) is 8. The van der Waals surface area contributed by atoms with Gasteiger partial charge in [-0.05, 0) is 18.9 Å². The molecule has 8 nitrogen and oxygen atoms in total. The van der Waals surface area contributed by atoms with Crippen LogP contribution in [0.1, 0.15) is 12.8 Å². The van der Waals surface area contributed by atoms with Crippen molar-refractivity contribution in [3.63, 3.8) is 0 Å². The molecular weight excluding hydrogens is 302 g/mol. The average Bonchev–Trinajstić information content (AvgIpc) is 3.05. The monoisotopic (exact) mass is 321 g/mol. The molecule has 118 valence electrons. The second-order valence-electron chi connectivity index (χ2n) is 5.05. The summed E-state index contributed by atoms with van der Waals surface area (Å²) in [5.74, 6) is 2.31. The fraction of sp³-hybridized carbons (Fsp3) is 0.538. The van der Waals surface area contributed by atoms with Crippen LogP contribution in [0.2, 0.25) is 0 Å². The van der Waals surface area contributed by atoms with E-state index in [-0.39, 0.29) is 6.10 Å². The summed E-state index contributed by atoms with van der Waals surface area (Å²) in [6, 6.07) is 1.88. The SMILES string of the molecule is O[C@H]1CCCN(c2ccnc(NCCSc3ncn[nH]3)n2)C1. The number of anilines is 2. The van der Waals surface area contributed by atoms with Crippen molar-refractivity contribution in [2.24, 2.45) is 0 Å². The highest BCUT2D eigenvalue weighted by Crippen LogP contribution is 2.18. The van der Waals surface area contributed by atoms with Crippen LogP contribution in [0.4, 0.5) is 11.8 Å². The van der Waals surface area contributed by atoms with Gasteiger partial charge in [0.25, 0.3) is 0 Å². The minimum atomic E-state index is -0.265. The molecule has 0 radical (unpaired) electrons. The minimum absolute atomic E-state index is 0.265. The lowest BCUT2D eigenvalue weighted by Gasteiger charge is -2.31. The Morgan fingerprint density at radius 2 is 2.41 bits per heavy atom. The standard InChI is InChI=1S/C13H19N7OS/c21-10-2-1-6-20(8-10)11-3-4-14-12(18-11)15-5-7-22-13-16-9-17-19-13/h3-4,9-10,21H,1-2,5-8H2,(H,14,15,18)(H,16,17,19)/t10-/m0/s1. The summed E-state index contributed by atoms with van der Waals surface area (Å²) >= 11 is 1.59. The molecule has 2 aromatic heterocycles. The Labute approximate surface area is 132 Å². The molecule has 9 heteroatoms. The van der Waals surface area contributed by atoms with E-state index in [1.165, 1.54) is 6.33 Å². The largest absolute Gasteiger partial charge is 0.391 e. The Bertz CT molecular complexity index is 580. The predicted molar refractivity (Wildman–Crippen MR) is 85.1 cm³/mol. The van der Waals surface area contributed by atoms with E-state index in [1.54, 1.807) is 18.0 Å². The molecule has 3 rings (SSSR count). The maximum atomic E-state index is 9.76.